The Kier molecular flexibility index (Phi) is 17.8. The Balaban J connectivity index is 0.000000182. The highest BCUT2D eigenvalue weighted by molar-refractivity contribution is 5.84. The molecule has 0 radical (unpaired) electrons. The van der Waals surface area contributed by atoms with Gasteiger partial charge in [0.15, 0.2) is 11.3 Å². The molecule has 3 N–H and O–H groups in total. The molecule has 0 spiro atoms. The smallest absolute Gasteiger partial charge is 0.322 e. The SMILES string of the molecule is CC(C)c1cnn2c(NCc3cccc(CC(=O)C4CCCCC4)c3)nc(OC3CCN(C)CC3)nc12.CC(C)c1cnn2c(NCc3cccc(CC(=O)C4CCCNC4)c3)nc(OC3CCN(C)CC3)nc12. The highest BCUT2D eigenvalue weighted by Gasteiger charge is 2.26. The van der Waals surface area contributed by atoms with Crippen LogP contribution < -0.4 is 25.4 Å². The zero-order valence-electron chi connectivity index (χ0n) is 44.7. The van der Waals surface area contributed by atoms with Crippen LogP contribution in [0, 0.1) is 11.8 Å². The van der Waals surface area contributed by atoms with E-state index >= 15 is 0 Å². The van der Waals surface area contributed by atoms with Crippen molar-refractivity contribution in [2.75, 3.05) is 64.0 Å². The highest BCUT2D eigenvalue weighted by Crippen LogP contribution is 2.29. The van der Waals surface area contributed by atoms with E-state index in [2.05, 4.69) is 108 Å². The summed E-state index contributed by atoms with van der Waals surface area (Å²) < 4.78 is 16.1. The van der Waals surface area contributed by atoms with Gasteiger partial charge in [-0.15, -0.1) is 0 Å². The van der Waals surface area contributed by atoms with E-state index in [1.165, 1.54) is 19.3 Å². The number of ether oxygens (including phenoxy) is 2. The molecule has 3 aliphatic heterocycles. The minimum absolute atomic E-state index is 0.116. The molecular formula is C57H79N13O4. The number of benzene rings is 2. The number of ketones is 2. The van der Waals surface area contributed by atoms with E-state index in [9.17, 15) is 9.59 Å². The van der Waals surface area contributed by atoms with Gasteiger partial charge in [0.05, 0.1) is 12.4 Å². The summed E-state index contributed by atoms with van der Waals surface area (Å²) in [6, 6.07) is 17.3. The molecule has 396 valence electrons. The van der Waals surface area contributed by atoms with E-state index in [-0.39, 0.29) is 35.9 Å². The van der Waals surface area contributed by atoms with E-state index in [0.717, 1.165) is 135 Å². The van der Waals surface area contributed by atoms with Crippen LogP contribution in [-0.4, -0.2) is 126 Å². The van der Waals surface area contributed by atoms with Gasteiger partial charge in [0.1, 0.15) is 23.8 Å². The summed E-state index contributed by atoms with van der Waals surface area (Å²) in [6.07, 6.45) is 16.6. The van der Waals surface area contributed by atoms with Gasteiger partial charge in [0.2, 0.25) is 11.9 Å². The molecule has 1 aliphatic carbocycles. The van der Waals surface area contributed by atoms with Gasteiger partial charge in [-0.25, -0.2) is 0 Å². The van der Waals surface area contributed by atoms with Crippen LogP contribution in [0.25, 0.3) is 11.3 Å². The number of carbonyl (C=O) groups is 2. The van der Waals surface area contributed by atoms with E-state index in [1.54, 1.807) is 9.03 Å². The summed E-state index contributed by atoms with van der Waals surface area (Å²) in [5, 5.41) is 19.4. The molecule has 4 aromatic heterocycles. The Morgan fingerprint density at radius 1 is 0.595 bits per heavy atom. The van der Waals surface area contributed by atoms with Crippen LogP contribution in [0.15, 0.2) is 60.9 Å². The summed E-state index contributed by atoms with van der Waals surface area (Å²) in [7, 11) is 4.28. The number of Topliss-reactive ketones (excluding diaryl/α,β-unsaturated/α-hetero) is 2. The predicted octanol–water partition coefficient (Wildman–Crippen LogP) is 8.47. The number of nitrogens with zero attached hydrogens (tertiary/aromatic N) is 10. The number of nitrogens with one attached hydrogen (secondary N) is 3. The maximum Gasteiger partial charge on any atom is 0.322 e. The van der Waals surface area contributed by atoms with Gasteiger partial charge in [0.25, 0.3) is 0 Å². The Morgan fingerprint density at radius 3 is 1.49 bits per heavy atom. The fourth-order valence-electron chi connectivity index (χ4n) is 10.7. The Hall–Kier alpha value is -6.04. The molecule has 2 aromatic carbocycles. The number of fused-ring (bicyclic) bond motifs is 2. The monoisotopic (exact) mass is 1010 g/mol. The van der Waals surface area contributed by atoms with Crippen molar-refractivity contribution in [1.82, 2.24) is 54.3 Å². The molecular weight excluding hydrogens is 931 g/mol. The van der Waals surface area contributed by atoms with Crippen molar-refractivity contribution in [3.8, 4) is 12.0 Å². The topological polar surface area (TPSA) is 181 Å². The first-order valence-corrected chi connectivity index (χ1v) is 27.5. The van der Waals surface area contributed by atoms with Crippen LogP contribution in [0.2, 0.25) is 0 Å². The lowest BCUT2D eigenvalue weighted by Crippen LogP contribution is -2.36. The lowest BCUT2D eigenvalue weighted by atomic mass is 9.84. The van der Waals surface area contributed by atoms with Crippen LogP contribution in [0.1, 0.15) is 144 Å². The van der Waals surface area contributed by atoms with Gasteiger partial charge < -0.3 is 35.2 Å². The molecule has 0 amide bonds. The molecule has 3 saturated heterocycles. The zero-order chi connectivity index (χ0) is 51.6. The summed E-state index contributed by atoms with van der Waals surface area (Å²) >= 11 is 0. The minimum atomic E-state index is 0.116. The number of hydrogen-bond acceptors (Lipinski definition) is 15. The molecule has 1 unspecified atom stereocenters. The molecule has 4 aliphatic rings. The van der Waals surface area contributed by atoms with Gasteiger partial charge in [-0.05, 0) is 106 Å². The number of carbonyl (C=O) groups excluding carboxylic acids is 2. The molecule has 1 atom stereocenters. The number of anilines is 2. The summed E-state index contributed by atoms with van der Waals surface area (Å²) in [6.45, 7) is 15.6. The normalized spacial score (nSPS) is 18.7. The first-order chi connectivity index (χ1) is 35.9. The van der Waals surface area contributed by atoms with Crippen LogP contribution in [-0.2, 0) is 35.5 Å². The van der Waals surface area contributed by atoms with Crippen molar-refractivity contribution in [3.05, 3.63) is 94.3 Å². The van der Waals surface area contributed by atoms with Crippen molar-refractivity contribution in [3.63, 3.8) is 0 Å². The Labute approximate surface area is 437 Å². The largest absolute Gasteiger partial charge is 0.460 e. The van der Waals surface area contributed by atoms with Crippen molar-refractivity contribution in [1.29, 1.82) is 0 Å². The molecule has 17 heteroatoms. The third kappa shape index (κ3) is 13.8. The average Bonchev–Trinajstić information content (AvgIpc) is 4.05. The van der Waals surface area contributed by atoms with E-state index in [0.29, 0.717) is 61.4 Å². The van der Waals surface area contributed by atoms with Crippen LogP contribution in [0.4, 0.5) is 11.9 Å². The van der Waals surface area contributed by atoms with Crippen molar-refractivity contribution in [2.24, 2.45) is 11.8 Å². The second-order valence-electron chi connectivity index (χ2n) is 21.9. The van der Waals surface area contributed by atoms with E-state index < -0.39 is 0 Å². The third-order valence-corrected chi connectivity index (χ3v) is 15.3. The highest BCUT2D eigenvalue weighted by atomic mass is 16.5. The predicted molar refractivity (Wildman–Crippen MR) is 289 cm³/mol. The number of likely N-dealkylation sites (tertiary alicyclic amines) is 2. The average molecular weight is 1010 g/mol. The second-order valence-corrected chi connectivity index (χ2v) is 21.9. The van der Waals surface area contributed by atoms with E-state index in [4.69, 9.17) is 29.4 Å². The Morgan fingerprint density at radius 2 is 1.04 bits per heavy atom. The van der Waals surface area contributed by atoms with Gasteiger partial charge in [-0.3, -0.25) is 9.59 Å². The number of aromatic nitrogens is 8. The maximum absolute atomic E-state index is 12.8. The van der Waals surface area contributed by atoms with Gasteiger partial charge in [0, 0.05) is 81.6 Å². The maximum atomic E-state index is 12.8. The molecule has 0 bridgehead atoms. The molecule has 10 rings (SSSR count). The minimum Gasteiger partial charge on any atom is -0.460 e. The molecule has 4 fully saturated rings. The Bertz CT molecular complexity index is 2610. The van der Waals surface area contributed by atoms with Gasteiger partial charge in [-0.1, -0.05) is 95.5 Å². The van der Waals surface area contributed by atoms with Crippen LogP contribution >= 0.6 is 0 Å². The molecule has 1 saturated carbocycles. The third-order valence-electron chi connectivity index (χ3n) is 15.3. The van der Waals surface area contributed by atoms with Crippen molar-refractivity contribution in [2.45, 2.75) is 148 Å². The van der Waals surface area contributed by atoms with Gasteiger partial charge >= 0.3 is 12.0 Å². The molecule has 7 heterocycles. The summed E-state index contributed by atoms with van der Waals surface area (Å²) in [5.74, 6) is 2.86. The first-order valence-electron chi connectivity index (χ1n) is 27.5. The zero-order valence-corrected chi connectivity index (χ0v) is 44.7. The summed E-state index contributed by atoms with van der Waals surface area (Å²) in [5.41, 5.74) is 8.02. The molecule has 6 aromatic rings. The van der Waals surface area contributed by atoms with Crippen LogP contribution in [0.5, 0.6) is 12.0 Å². The lowest BCUT2D eigenvalue weighted by molar-refractivity contribution is -0.123. The quantitative estimate of drug-likeness (QED) is 0.0746. The van der Waals surface area contributed by atoms with Crippen molar-refractivity contribution < 1.29 is 19.1 Å². The number of piperidine rings is 3. The molecule has 74 heavy (non-hydrogen) atoms. The fourth-order valence-corrected chi connectivity index (χ4v) is 10.7. The number of rotatable bonds is 18. The second kappa shape index (κ2) is 25.0. The van der Waals surface area contributed by atoms with Crippen molar-refractivity contribution >= 4 is 34.8 Å². The number of hydrogen-bond donors (Lipinski definition) is 3. The van der Waals surface area contributed by atoms with E-state index in [1.807, 2.05) is 30.6 Å². The molecule has 17 nitrogen and oxygen atoms in total. The first kappa shape index (κ1) is 52.8. The fraction of sp³-hybridized carbons (Fsp3) is 0.579. The lowest BCUT2D eigenvalue weighted by Gasteiger charge is -2.28. The summed E-state index contributed by atoms with van der Waals surface area (Å²) in [4.78, 5) is 49.2. The van der Waals surface area contributed by atoms with Crippen LogP contribution in [0.3, 0.4) is 0 Å². The van der Waals surface area contributed by atoms with Gasteiger partial charge in [-0.2, -0.15) is 39.2 Å². The standard InChI is InChI=1S/C29H40N6O2.C28H39N7O2/c1-20(2)25-19-31-35-27(25)32-29(37-24-12-14-34(3)15-13-24)33-28(35)30-18-22-9-7-8-21(16-22)17-26(36)23-10-5-4-6-11-23;1-19(2)24-18-31-35-26(24)32-28(37-23-9-12-34(3)13-10-23)33-27(35)30-16-21-7-4-6-20(14-21)15-25(36)22-8-5-11-29-17-22/h7-9,16,19-20,23-24H,4-6,10-15,17-18H2,1-3H3,(H,30,32,33);4,6-7,14,18-19,22-23,29H,5,8-13,15-17H2,1-3H3,(H,30,32,33).